The van der Waals surface area contributed by atoms with Gasteiger partial charge in [0, 0.05) is 25.7 Å². The highest BCUT2D eigenvalue weighted by molar-refractivity contribution is 5.80. The molecule has 144 valence electrons. The number of amides is 2. The van der Waals surface area contributed by atoms with E-state index in [1.807, 2.05) is 18.2 Å². The quantitative estimate of drug-likeness (QED) is 0.702. The van der Waals surface area contributed by atoms with Gasteiger partial charge in [0.25, 0.3) is 0 Å². The van der Waals surface area contributed by atoms with Gasteiger partial charge in [-0.25, -0.2) is 0 Å². The molecule has 2 N–H and O–H groups in total. The third-order valence-corrected chi connectivity index (χ3v) is 5.30. The minimum atomic E-state index is -0.00720. The van der Waals surface area contributed by atoms with Crippen molar-refractivity contribution in [3.63, 3.8) is 0 Å². The fraction of sp³-hybridized carbons (Fsp3) is 0.619. The summed E-state index contributed by atoms with van der Waals surface area (Å²) >= 11 is 0. The van der Waals surface area contributed by atoms with Crippen molar-refractivity contribution in [1.29, 1.82) is 0 Å². The summed E-state index contributed by atoms with van der Waals surface area (Å²) in [5.74, 6) is 0.148. The monoisotopic (exact) mass is 359 g/mol. The van der Waals surface area contributed by atoms with Crippen molar-refractivity contribution in [1.82, 2.24) is 15.5 Å². The number of hydrogen-bond donors (Lipinski definition) is 2. The molecule has 2 amide bonds. The molecule has 1 aromatic rings. The van der Waals surface area contributed by atoms with Crippen molar-refractivity contribution in [2.24, 2.45) is 5.92 Å². The summed E-state index contributed by atoms with van der Waals surface area (Å²) in [6.45, 7) is 8.62. The van der Waals surface area contributed by atoms with Crippen molar-refractivity contribution < 1.29 is 9.59 Å². The Kier molecular flexibility index (Phi) is 8.10. The Labute approximate surface area is 157 Å². The molecular formula is C21H33N3O2. The van der Waals surface area contributed by atoms with Crippen LogP contribution in [0.5, 0.6) is 0 Å². The van der Waals surface area contributed by atoms with Gasteiger partial charge in [0.1, 0.15) is 0 Å². The molecular weight excluding hydrogens is 326 g/mol. The number of unbranched alkanes of at least 4 members (excludes halogenated alkanes) is 1. The lowest BCUT2D eigenvalue weighted by Crippen LogP contribution is -2.50. The maximum Gasteiger partial charge on any atom is 0.234 e. The second-order valence-electron chi connectivity index (χ2n) is 7.40. The van der Waals surface area contributed by atoms with Crippen LogP contribution in [0, 0.1) is 12.8 Å². The van der Waals surface area contributed by atoms with Crippen LogP contribution in [0.25, 0.3) is 0 Å². The Morgan fingerprint density at radius 1 is 1.19 bits per heavy atom. The predicted molar refractivity (Wildman–Crippen MR) is 105 cm³/mol. The van der Waals surface area contributed by atoms with E-state index >= 15 is 0 Å². The SMILES string of the molecule is CCCCNC(=O)[C@H]1CC[C@@H](C)N(CC(=O)NCc2ccccc2C)C1. The van der Waals surface area contributed by atoms with Gasteiger partial charge < -0.3 is 10.6 Å². The number of carbonyl (C=O) groups excluding carboxylic acids is 2. The van der Waals surface area contributed by atoms with Gasteiger partial charge in [0.2, 0.25) is 11.8 Å². The zero-order valence-corrected chi connectivity index (χ0v) is 16.4. The topological polar surface area (TPSA) is 61.4 Å². The molecule has 0 aromatic heterocycles. The molecule has 1 fully saturated rings. The van der Waals surface area contributed by atoms with Gasteiger partial charge in [-0.3, -0.25) is 14.5 Å². The maximum atomic E-state index is 12.4. The second-order valence-corrected chi connectivity index (χ2v) is 7.40. The largest absolute Gasteiger partial charge is 0.356 e. The van der Waals surface area contributed by atoms with Gasteiger partial charge in [-0.1, -0.05) is 37.6 Å². The lowest BCUT2D eigenvalue weighted by molar-refractivity contribution is -0.130. The molecule has 0 aliphatic carbocycles. The van der Waals surface area contributed by atoms with Crippen LogP contribution in [0.2, 0.25) is 0 Å². The normalized spacial score (nSPS) is 20.6. The van der Waals surface area contributed by atoms with E-state index in [0.717, 1.165) is 37.8 Å². The van der Waals surface area contributed by atoms with Gasteiger partial charge in [0.05, 0.1) is 12.5 Å². The number of rotatable bonds is 8. The van der Waals surface area contributed by atoms with E-state index in [1.54, 1.807) is 0 Å². The van der Waals surface area contributed by atoms with E-state index in [-0.39, 0.29) is 17.7 Å². The molecule has 1 saturated heterocycles. The van der Waals surface area contributed by atoms with Crippen molar-refractivity contribution in [3.05, 3.63) is 35.4 Å². The Bertz CT molecular complexity index is 603. The summed E-state index contributed by atoms with van der Waals surface area (Å²) < 4.78 is 0. The lowest BCUT2D eigenvalue weighted by atomic mass is 9.92. The molecule has 2 rings (SSSR count). The van der Waals surface area contributed by atoms with Crippen LogP contribution >= 0.6 is 0 Å². The summed E-state index contributed by atoms with van der Waals surface area (Å²) in [6.07, 6.45) is 3.95. The maximum absolute atomic E-state index is 12.4. The minimum Gasteiger partial charge on any atom is -0.356 e. The number of nitrogens with zero attached hydrogens (tertiary/aromatic N) is 1. The average Bonchev–Trinajstić information content (AvgIpc) is 2.63. The standard InChI is InChI=1S/C21H33N3O2/c1-4-5-12-22-21(26)19-11-10-17(3)24(14-19)15-20(25)23-13-18-9-7-6-8-16(18)2/h6-9,17,19H,4-5,10-15H2,1-3H3,(H,22,26)(H,23,25)/t17-,19+/m1/s1. The molecule has 2 atom stereocenters. The molecule has 0 unspecified atom stereocenters. The lowest BCUT2D eigenvalue weighted by Gasteiger charge is -2.36. The van der Waals surface area contributed by atoms with Crippen LogP contribution in [0.3, 0.4) is 0 Å². The molecule has 1 aliphatic heterocycles. The third-order valence-electron chi connectivity index (χ3n) is 5.30. The Morgan fingerprint density at radius 3 is 2.69 bits per heavy atom. The van der Waals surface area contributed by atoms with Crippen LogP contribution < -0.4 is 10.6 Å². The highest BCUT2D eigenvalue weighted by Gasteiger charge is 2.30. The third kappa shape index (κ3) is 6.13. The fourth-order valence-corrected chi connectivity index (χ4v) is 3.39. The first-order valence-electron chi connectivity index (χ1n) is 9.84. The van der Waals surface area contributed by atoms with E-state index in [9.17, 15) is 9.59 Å². The van der Waals surface area contributed by atoms with Crippen LogP contribution in [0.1, 0.15) is 50.7 Å². The number of aryl methyl sites for hydroxylation is 1. The molecule has 0 radical (unpaired) electrons. The first-order valence-corrected chi connectivity index (χ1v) is 9.84. The molecule has 0 saturated carbocycles. The fourth-order valence-electron chi connectivity index (χ4n) is 3.39. The summed E-state index contributed by atoms with van der Waals surface area (Å²) in [7, 11) is 0. The second kappa shape index (κ2) is 10.3. The summed E-state index contributed by atoms with van der Waals surface area (Å²) in [5, 5.41) is 6.04. The molecule has 1 aliphatic rings. The number of piperidine rings is 1. The van der Waals surface area contributed by atoms with E-state index in [0.29, 0.717) is 25.7 Å². The van der Waals surface area contributed by atoms with E-state index in [2.05, 4.69) is 42.4 Å². The smallest absolute Gasteiger partial charge is 0.234 e. The Balaban J connectivity index is 1.81. The first kappa shape index (κ1) is 20.4. The van der Waals surface area contributed by atoms with Gasteiger partial charge in [0.15, 0.2) is 0 Å². The predicted octanol–water partition coefficient (Wildman–Crippen LogP) is 2.63. The zero-order chi connectivity index (χ0) is 18.9. The van der Waals surface area contributed by atoms with Crippen molar-refractivity contribution in [2.75, 3.05) is 19.6 Å². The summed E-state index contributed by atoms with van der Waals surface area (Å²) in [4.78, 5) is 26.8. The minimum absolute atomic E-state index is 0.00720. The number of carbonyl (C=O) groups is 2. The van der Waals surface area contributed by atoms with Crippen LogP contribution in [0.15, 0.2) is 24.3 Å². The van der Waals surface area contributed by atoms with E-state index in [4.69, 9.17) is 0 Å². The molecule has 26 heavy (non-hydrogen) atoms. The highest BCUT2D eigenvalue weighted by Crippen LogP contribution is 2.21. The number of likely N-dealkylation sites (tertiary alicyclic amines) is 1. The van der Waals surface area contributed by atoms with Crippen LogP contribution in [-0.2, 0) is 16.1 Å². The van der Waals surface area contributed by atoms with Crippen LogP contribution in [-0.4, -0.2) is 42.4 Å². The molecule has 0 bridgehead atoms. The van der Waals surface area contributed by atoms with Gasteiger partial charge in [-0.2, -0.15) is 0 Å². The van der Waals surface area contributed by atoms with Crippen molar-refractivity contribution in [2.45, 2.75) is 59.0 Å². The van der Waals surface area contributed by atoms with Gasteiger partial charge in [-0.05, 0) is 44.2 Å². The molecule has 1 aromatic carbocycles. The molecule has 0 spiro atoms. The molecule has 5 nitrogen and oxygen atoms in total. The number of nitrogens with one attached hydrogen (secondary N) is 2. The molecule has 5 heteroatoms. The average molecular weight is 360 g/mol. The summed E-state index contributed by atoms with van der Waals surface area (Å²) in [5.41, 5.74) is 2.32. The highest BCUT2D eigenvalue weighted by atomic mass is 16.2. The zero-order valence-electron chi connectivity index (χ0n) is 16.4. The first-order chi connectivity index (χ1) is 12.5. The Hall–Kier alpha value is -1.88. The molecule has 1 heterocycles. The summed E-state index contributed by atoms with van der Waals surface area (Å²) in [6, 6.07) is 8.41. The Morgan fingerprint density at radius 2 is 1.96 bits per heavy atom. The number of benzene rings is 1. The van der Waals surface area contributed by atoms with Gasteiger partial charge in [-0.15, -0.1) is 0 Å². The van der Waals surface area contributed by atoms with Crippen molar-refractivity contribution in [3.8, 4) is 0 Å². The van der Waals surface area contributed by atoms with E-state index in [1.165, 1.54) is 5.56 Å². The number of hydrogen-bond acceptors (Lipinski definition) is 3. The van der Waals surface area contributed by atoms with Crippen molar-refractivity contribution >= 4 is 11.8 Å². The van der Waals surface area contributed by atoms with E-state index < -0.39 is 0 Å². The van der Waals surface area contributed by atoms with Gasteiger partial charge >= 0.3 is 0 Å². The van der Waals surface area contributed by atoms with Crippen LogP contribution in [0.4, 0.5) is 0 Å².